The van der Waals surface area contributed by atoms with Crippen LogP contribution in [0.1, 0.15) is 25.0 Å². The summed E-state index contributed by atoms with van der Waals surface area (Å²) in [7, 11) is 1.70. The molecule has 0 spiro atoms. The molecule has 18 heavy (non-hydrogen) atoms. The van der Waals surface area contributed by atoms with Crippen molar-refractivity contribution in [1.29, 1.82) is 0 Å². The summed E-state index contributed by atoms with van der Waals surface area (Å²) >= 11 is 0. The van der Waals surface area contributed by atoms with Crippen LogP contribution >= 0.6 is 0 Å². The largest absolute Gasteiger partial charge is 0.496 e. The highest BCUT2D eigenvalue weighted by atomic mass is 16.5. The Labute approximate surface area is 110 Å². The van der Waals surface area contributed by atoms with E-state index in [0.29, 0.717) is 0 Å². The predicted molar refractivity (Wildman–Crippen MR) is 78.2 cm³/mol. The van der Waals surface area contributed by atoms with Crippen molar-refractivity contribution in [3.63, 3.8) is 0 Å². The Morgan fingerprint density at radius 1 is 0.778 bits per heavy atom. The van der Waals surface area contributed by atoms with Gasteiger partial charge in [0, 0.05) is 0 Å². The summed E-state index contributed by atoms with van der Waals surface area (Å²) in [5.41, 5.74) is 2.68. The van der Waals surface area contributed by atoms with E-state index in [0.717, 1.165) is 18.6 Å². The molecule has 2 aromatic rings. The fraction of sp³-hybridized carbons (Fsp3) is 0.294. The second-order valence-electron chi connectivity index (χ2n) is 4.00. The first kappa shape index (κ1) is 14.3. The van der Waals surface area contributed by atoms with Crippen LogP contribution in [0, 0.1) is 0 Å². The van der Waals surface area contributed by atoms with Crippen molar-refractivity contribution in [2.45, 2.75) is 26.7 Å². The highest BCUT2D eigenvalue weighted by Crippen LogP contribution is 2.16. The molecule has 1 heteroatoms. The zero-order chi connectivity index (χ0) is 13.2. The average molecular weight is 242 g/mol. The third-order valence-electron chi connectivity index (χ3n) is 2.82. The van der Waals surface area contributed by atoms with E-state index < -0.39 is 0 Å². The first-order valence-corrected chi connectivity index (χ1v) is 6.47. The number of para-hydroxylation sites is 1. The van der Waals surface area contributed by atoms with Crippen molar-refractivity contribution in [1.82, 2.24) is 0 Å². The molecule has 0 heterocycles. The number of aryl methyl sites for hydroxylation is 2. The standard InChI is InChI=1S/C9H12O.C8H10/c1-3-8-6-4-5-7-9(8)10-2;1-2-8-6-4-3-5-7-8/h4-7H,3H2,1-2H3;3-7H,2H2,1H3. The summed E-state index contributed by atoms with van der Waals surface area (Å²) in [6.07, 6.45) is 2.17. The molecule has 0 radical (unpaired) electrons. The fourth-order valence-corrected chi connectivity index (χ4v) is 1.71. The van der Waals surface area contributed by atoms with Crippen molar-refractivity contribution in [3.8, 4) is 5.75 Å². The fourth-order valence-electron chi connectivity index (χ4n) is 1.71. The van der Waals surface area contributed by atoms with E-state index >= 15 is 0 Å². The molecule has 2 aromatic carbocycles. The van der Waals surface area contributed by atoms with Crippen LogP contribution in [0.2, 0.25) is 0 Å². The molecule has 2 rings (SSSR count). The Hall–Kier alpha value is -1.76. The third-order valence-corrected chi connectivity index (χ3v) is 2.82. The van der Waals surface area contributed by atoms with Gasteiger partial charge in [0.2, 0.25) is 0 Å². The summed E-state index contributed by atoms with van der Waals surface area (Å²) < 4.78 is 5.14. The number of hydrogen-bond acceptors (Lipinski definition) is 1. The summed E-state index contributed by atoms with van der Waals surface area (Å²) in [5, 5.41) is 0. The molecule has 0 aliphatic carbocycles. The molecule has 0 unspecified atom stereocenters. The lowest BCUT2D eigenvalue weighted by molar-refractivity contribution is 0.410. The third kappa shape index (κ3) is 4.62. The van der Waals surface area contributed by atoms with Gasteiger partial charge in [-0.2, -0.15) is 0 Å². The minimum atomic E-state index is 0.991. The number of ether oxygens (including phenoxy) is 1. The van der Waals surface area contributed by atoms with E-state index in [9.17, 15) is 0 Å². The summed E-state index contributed by atoms with van der Waals surface area (Å²) in [5.74, 6) is 0.991. The van der Waals surface area contributed by atoms with Gasteiger partial charge in [0.15, 0.2) is 0 Å². The molecule has 0 aromatic heterocycles. The Kier molecular flexibility index (Phi) is 6.63. The summed E-state index contributed by atoms with van der Waals surface area (Å²) in [6, 6.07) is 18.5. The van der Waals surface area contributed by atoms with Crippen LogP contribution < -0.4 is 4.74 Å². The van der Waals surface area contributed by atoms with E-state index in [4.69, 9.17) is 4.74 Å². The maximum atomic E-state index is 5.14. The van der Waals surface area contributed by atoms with Crippen molar-refractivity contribution in [2.75, 3.05) is 7.11 Å². The van der Waals surface area contributed by atoms with E-state index in [1.165, 1.54) is 11.1 Å². The van der Waals surface area contributed by atoms with Gasteiger partial charge >= 0.3 is 0 Å². The van der Waals surface area contributed by atoms with E-state index in [1.54, 1.807) is 7.11 Å². The molecular formula is C17H22O. The normalized spacial score (nSPS) is 9.28. The Bertz CT molecular complexity index is 411. The minimum absolute atomic E-state index is 0.991. The monoisotopic (exact) mass is 242 g/mol. The second kappa shape index (κ2) is 8.35. The molecule has 0 saturated heterocycles. The zero-order valence-electron chi connectivity index (χ0n) is 11.5. The van der Waals surface area contributed by atoms with Gasteiger partial charge in [-0.15, -0.1) is 0 Å². The van der Waals surface area contributed by atoms with Gasteiger partial charge < -0.3 is 4.74 Å². The highest BCUT2D eigenvalue weighted by Gasteiger charge is 1.95. The topological polar surface area (TPSA) is 9.23 Å². The minimum Gasteiger partial charge on any atom is -0.496 e. The molecule has 1 nitrogen and oxygen atoms in total. The Morgan fingerprint density at radius 2 is 1.39 bits per heavy atom. The molecule has 0 aliphatic heterocycles. The maximum absolute atomic E-state index is 5.14. The van der Waals surface area contributed by atoms with Crippen LogP contribution in [0.4, 0.5) is 0 Å². The van der Waals surface area contributed by atoms with Crippen LogP contribution in [-0.4, -0.2) is 7.11 Å². The Balaban J connectivity index is 0.000000184. The lowest BCUT2D eigenvalue weighted by Gasteiger charge is -2.03. The number of methoxy groups -OCH3 is 1. The number of benzene rings is 2. The number of rotatable bonds is 3. The molecule has 0 atom stereocenters. The van der Waals surface area contributed by atoms with Gasteiger partial charge in [-0.3, -0.25) is 0 Å². The quantitative estimate of drug-likeness (QED) is 0.769. The van der Waals surface area contributed by atoms with Crippen LogP contribution in [0.25, 0.3) is 0 Å². The van der Waals surface area contributed by atoms with Crippen molar-refractivity contribution in [2.24, 2.45) is 0 Å². The van der Waals surface area contributed by atoms with Crippen LogP contribution in [0.15, 0.2) is 54.6 Å². The van der Waals surface area contributed by atoms with Crippen molar-refractivity contribution in [3.05, 3.63) is 65.7 Å². The molecule has 0 fully saturated rings. The van der Waals surface area contributed by atoms with Gasteiger partial charge in [-0.05, 0) is 30.0 Å². The highest BCUT2D eigenvalue weighted by molar-refractivity contribution is 5.32. The number of hydrogen-bond donors (Lipinski definition) is 0. The average Bonchev–Trinajstić information content (AvgIpc) is 2.48. The first-order chi connectivity index (χ1) is 8.81. The second-order valence-corrected chi connectivity index (χ2v) is 4.00. The summed E-state index contributed by atoms with van der Waals surface area (Å²) in [4.78, 5) is 0. The van der Waals surface area contributed by atoms with Gasteiger partial charge in [-0.25, -0.2) is 0 Å². The van der Waals surface area contributed by atoms with Crippen LogP contribution in [0.5, 0.6) is 5.75 Å². The van der Waals surface area contributed by atoms with Gasteiger partial charge in [-0.1, -0.05) is 62.4 Å². The molecule has 96 valence electrons. The van der Waals surface area contributed by atoms with E-state index in [1.807, 2.05) is 24.3 Å². The van der Waals surface area contributed by atoms with Crippen molar-refractivity contribution >= 4 is 0 Å². The first-order valence-electron chi connectivity index (χ1n) is 6.47. The summed E-state index contributed by atoms with van der Waals surface area (Å²) in [6.45, 7) is 4.28. The SMILES string of the molecule is CCc1ccccc1.CCc1ccccc1OC. The maximum Gasteiger partial charge on any atom is 0.122 e. The van der Waals surface area contributed by atoms with E-state index in [-0.39, 0.29) is 0 Å². The molecule has 0 aliphatic rings. The van der Waals surface area contributed by atoms with Crippen molar-refractivity contribution < 1.29 is 4.74 Å². The zero-order valence-corrected chi connectivity index (χ0v) is 11.5. The predicted octanol–water partition coefficient (Wildman–Crippen LogP) is 4.51. The van der Waals surface area contributed by atoms with Gasteiger partial charge in [0.25, 0.3) is 0 Å². The van der Waals surface area contributed by atoms with Crippen LogP contribution in [0.3, 0.4) is 0 Å². The van der Waals surface area contributed by atoms with E-state index in [2.05, 4.69) is 44.2 Å². The molecular weight excluding hydrogens is 220 g/mol. The smallest absolute Gasteiger partial charge is 0.122 e. The van der Waals surface area contributed by atoms with Crippen LogP contribution in [-0.2, 0) is 12.8 Å². The molecule has 0 saturated carbocycles. The molecule has 0 amide bonds. The lowest BCUT2D eigenvalue weighted by atomic mass is 10.1. The molecule has 0 bridgehead atoms. The lowest BCUT2D eigenvalue weighted by Crippen LogP contribution is -1.88. The van der Waals surface area contributed by atoms with Gasteiger partial charge in [0.1, 0.15) is 5.75 Å². The molecule has 0 N–H and O–H groups in total. The Morgan fingerprint density at radius 3 is 1.83 bits per heavy atom. The van der Waals surface area contributed by atoms with Gasteiger partial charge in [0.05, 0.1) is 7.11 Å².